The highest BCUT2D eigenvalue weighted by Gasteiger charge is 2.13. The maximum atomic E-state index is 4.44. The summed E-state index contributed by atoms with van der Waals surface area (Å²) in [5.41, 5.74) is 2.37. The molecule has 3 heteroatoms. The maximum absolute atomic E-state index is 4.44. The zero-order chi connectivity index (χ0) is 10.8. The molecule has 0 unspecified atom stereocenters. The minimum atomic E-state index is 0.833. The number of nitrogens with one attached hydrogen (secondary N) is 2. The molecule has 0 saturated carbocycles. The van der Waals surface area contributed by atoms with Crippen LogP contribution in [0.25, 0.3) is 11.0 Å². The molecule has 0 amide bonds. The van der Waals surface area contributed by atoms with Gasteiger partial charge < -0.3 is 10.3 Å². The van der Waals surface area contributed by atoms with E-state index < -0.39 is 0 Å². The standard InChI is InChI=1S/C13H17N3/c1-4-14-5-2-10(1)7-11-8-12-3-6-15-13(12)16-9-11/h3,6,8-10,14H,1-2,4-5,7H2,(H,15,16). The minimum absolute atomic E-state index is 0.833. The number of H-pyrrole nitrogens is 1. The lowest BCUT2D eigenvalue weighted by atomic mass is 9.91. The Labute approximate surface area is 95.3 Å². The highest BCUT2D eigenvalue weighted by molar-refractivity contribution is 5.75. The van der Waals surface area contributed by atoms with Gasteiger partial charge in [0, 0.05) is 17.8 Å². The molecule has 3 rings (SSSR count). The van der Waals surface area contributed by atoms with Crippen LogP contribution in [0, 0.1) is 5.92 Å². The van der Waals surface area contributed by atoms with Crippen LogP contribution in [0.5, 0.6) is 0 Å². The lowest BCUT2D eigenvalue weighted by molar-refractivity contribution is 0.372. The van der Waals surface area contributed by atoms with Crippen molar-refractivity contribution in [3.63, 3.8) is 0 Å². The Kier molecular flexibility index (Phi) is 2.62. The summed E-state index contributed by atoms with van der Waals surface area (Å²) in [5.74, 6) is 0.833. The molecule has 3 nitrogen and oxygen atoms in total. The number of piperidine rings is 1. The SMILES string of the molecule is c1cc2cc(CC3CCNCC3)cnc2[nH]1. The van der Waals surface area contributed by atoms with Crippen molar-refractivity contribution in [1.82, 2.24) is 15.3 Å². The highest BCUT2D eigenvalue weighted by Crippen LogP contribution is 2.19. The molecule has 0 spiro atoms. The van der Waals surface area contributed by atoms with Gasteiger partial charge in [0.1, 0.15) is 5.65 Å². The number of aromatic amines is 1. The number of fused-ring (bicyclic) bond motifs is 1. The van der Waals surface area contributed by atoms with Crippen LogP contribution in [-0.4, -0.2) is 23.1 Å². The van der Waals surface area contributed by atoms with Crippen LogP contribution in [0.2, 0.25) is 0 Å². The third kappa shape index (κ3) is 1.95. The average Bonchev–Trinajstić information content (AvgIpc) is 2.77. The van der Waals surface area contributed by atoms with E-state index in [-0.39, 0.29) is 0 Å². The molecule has 1 aliphatic heterocycles. The van der Waals surface area contributed by atoms with E-state index in [2.05, 4.69) is 27.4 Å². The third-order valence-corrected chi connectivity index (χ3v) is 3.44. The molecule has 0 bridgehead atoms. The number of rotatable bonds is 2. The van der Waals surface area contributed by atoms with Crippen molar-refractivity contribution in [2.75, 3.05) is 13.1 Å². The molecule has 2 N–H and O–H groups in total. The van der Waals surface area contributed by atoms with E-state index in [0.29, 0.717) is 0 Å². The lowest BCUT2D eigenvalue weighted by Gasteiger charge is -2.22. The Balaban J connectivity index is 1.77. The molecular weight excluding hydrogens is 198 g/mol. The first-order chi connectivity index (χ1) is 7.92. The van der Waals surface area contributed by atoms with Crippen LogP contribution in [0.3, 0.4) is 0 Å². The zero-order valence-electron chi connectivity index (χ0n) is 9.37. The van der Waals surface area contributed by atoms with Gasteiger partial charge in [-0.25, -0.2) is 4.98 Å². The summed E-state index contributed by atoms with van der Waals surface area (Å²) in [6, 6.07) is 4.36. The third-order valence-electron chi connectivity index (χ3n) is 3.44. The van der Waals surface area contributed by atoms with Crippen molar-refractivity contribution in [2.45, 2.75) is 19.3 Å². The van der Waals surface area contributed by atoms with Gasteiger partial charge >= 0.3 is 0 Å². The number of aromatic nitrogens is 2. The van der Waals surface area contributed by atoms with E-state index in [1.54, 1.807) is 0 Å². The van der Waals surface area contributed by atoms with Crippen LogP contribution in [-0.2, 0) is 6.42 Å². The van der Waals surface area contributed by atoms with Crippen molar-refractivity contribution < 1.29 is 0 Å². The molecule has 0 atom stereocenters. The van der Waals surface area contributed by atoms with Gasteiger partial charge in [-0.15, -0.1) is 0 Å². The molecular formula is C13H17N3. The van der Waals surface area contributed by atoms with Crippen LogP contribution in [0.1, 0.15) is 18.4 Å². The van der Waals surface area contributed by atoms with Gasteiger partial charge in [0.05, 0.1) is 0 Å². The summed E-state index contributed by atoms with van der Waals surface area (Å²) >= 11 is 0. The normalized spacial score (nSPS) is 18.0. The maximum Gasteiger partial charge on any atom is 0.137 e. The second-order valence-electron chi connectivity index (χ2n) is 4.66. The van der Waals surface area contributed by atoms with Crippen LogP contribution >= 0.6 is 0 Å². The summed E-state index contributed by atoms with van der Waals surface area (Å²) < 4.78 is 0. The van der Waals surface area contributed by atoms with E-state index in [4.69, 9.17) is 0 Å². The van der Waals surface area contributed by atoms with E-state index in [1.165, 1.54) is 43.3 Å². The first-order valence-electron chi connectivity index (χ1n) is 6.04. The van der Waals surface area contributed by atoms with Gasteiger partial charge in [-0.1, -0.05) is 0 Å². The molecule has 3 heterocycles. The quantitative estimate of drug-likeness (QED) is 0.805. The predicted molar refractivity (Wildman–Crippen MR) is 65.4 cm³/mol. The lowest BCUT2D eigenvalue weighted by Crippen LogP contribution is -2.28. The fraction of sp³-hybridized carbons (Fsp3) is 0.462. The second-order valence-corrected chi connectivity index (χ2v) is 4.66. The Morgan fingerprint density at radius 1 is 1.31 bits per heavy atom. The summed E-state index contributed by atoms with van der Waals surface area (Å²) in [7, 11) is 0. The summed E-state index contributed by atoms with van der Waals surface area (Å²) in [5, 5.41) is 4.63. The van der Waals surface area contributed by atoms with E-state index in [9.17, 15) is 0 Å². The molecule has 1 aliphatic rings. The second kappa shape index (κ2) is 4.26. The van der Waals surface area contributed by atoms with Crippen LogP contribution in [0.4, 0.5) is 0 Å². The summed E-state index contributed by atoms with van der Waals surface area (Å²) in [6.45, 7) is 2.34. The van der Waals surface area contributed by atoms with E-state index in [0.717, 1.165) is 11.6 Å². The van der Waals surface area contributed by atoms with Crippen molar-refractivity contribution in [2.24, 2.45) is 5.92 Å². The van der Waals surface area contributed by atoms with Crippen LogP contribution < -0.4 is 5.32 Å². The van der Waals surface area contributed by atoms with Crippen molar-refractivity contribution in [3.8, 4) is 0 Å². The topological polar surface area (TPSA) is 40.7 Å². The molecule has 1 saturated heterocycles. The van der Waals surface area contributed by atoms with Gasteiger partial charge in [0.25, 0.3) is 0 Å². The fourth-order valence-electron chi connectivity index (χ4n) is 2.52. The predicted octanol–water partition coefficient (Wildman–Crippen LogP) is 2.10. The largest absolute Gasteiger partial charge is 0.346 e. The monoisotopic (exact) mass is 215 g/mol. The Morgan fingerprint density at radius 3 is 3.06 bits per heavy atom. The van der Waals surface area contributed by atoms with Crippen molar-refractivity contribution >= 4 is 11.0 Å². The molecule has 2 aromatic heterocycles. The number of nitrogens with zero attached hydrogens (tertiary/aromatic N) is 1. The fourth-order valence-corrected chi connectivity index (χ4v) is 2.52. The minimum Gasteiger partial charge on any atom is -0.346 e. The molecule has 84 valence electrons. The van der Waals surface area contributed by atoms with Crippen LogP contribution in [0.15, 0.2) is 24.5 Å². The van der Waals surface area contributed by atoms with Crippen molar-refractivity contribution in [3.05, 3.63) is 30.1 Å². The number of hydrogen-bond acceptors (Lipinski definition) is 2. The number of hydrogen-bond donors (Lipinski definition) is 2. The zero-order valence-corrected chi connectivity index (χ0v) is 9.37. The Morgan fingerprint density at radius 2 is 2.19 bits per heavy atom. The summed E-state index contributed by atoms with van der Waals surface area (Å²) in [6.07, 6.45) is 7.74. The van der Waals surface area contributed by atoms with Gasteiger partial charge in [0.15, 0.2) is 0 Å². The smallest absolute Gasteiger partial charge is 0.137 e. The molecule has 1 fully saturated rings. The van der Waals surface area contributed by atoms with E-state index >= 15 is 0 Å². The Bertz CT molecular complexity index is 469. The first-order valence-corrected chi connectivity index (χ1v) is 6.04. The van der Waals surface area contributed by atoms with Crippen molar-refractivity contribution in [1.29, 1.82) is 0 Å². The van der Waals surface area contributed by atoms with Gasteiger partial charge in [-0.05, 0) is 56.0 Å². The number of pyridine rings is 1. The molecule has 0 aliphatic carbocycles. The van der Waals surface area contributed by atoms with Gasteiger partial charge in [0.2, 0.25) is 0 Å². The average molecular weight is 215 g/mol. The molecule has 0 aromatic carbocycles. The molecule has 16 heavy (non-hydrogen) atoms. The van der Waals surface area contributed by atoms with E-state index in [1.807, 2.05) is 12.4 Å². The van der Waals surface area contributed by atoms with Gasteiger partial charge in [-0.3, -0.25) is 0 Å². The molecule has 2 aromatic rings. The van der Waals surface area contributed by atoms with Gasteiger partial charge in [-0.2, -0.15) is 0 Å². The highest BCUT2D eigenvalue weighted by atomic mass is 14.9. The first kappa shape index (κ1) is 9.85. The summed E-state index contributed by atoms with van der Waals surface area (Å²) in [4.78, 5) is 7.56. The Hall–Kier alpha value is -1.35. The molecule has 0 radical (unpaired) electrons.